The second kappa shape index (κ2) is 7.95. The first-order valence-corrected chi connectivity index (χ1v) is 8.22. The average molecular weight is 325 g/mol. The van der Waals surface area contributed by atoms with Crippen molar-refractivity contribution in [2.24, 2.45) is 0 Å². The zero-order chi connectivity index (χ0) is 16.0. The molecule has 0 aliphatic carbocycles. The maximum absolute atomic E-state index is 12.4. The highest BCUT2D eigenvalue weighted by Crippen LogP contribution is 2.25. The second-order valence-corrected chi connectivity index (χ2v) is 6.64. The van der Waals surface area contributed by atoms with Crippen molar-refractivity contribution >= 4 is 17.5 Å². The lowest BCUT2D eigenvalue weighted by atomic mass is 9.84. The molecule has 0 atom stereocenters. The molecule has 0 bridgehead atoms. The van der Waals surface area contributed by atoms with E-state index in [1.165, 1.54) is 0 Å². The molecular formula is C17H25ClN2O2. The lowest BCUT2D eigenvalue weighted by Gasteiger charge is -2.27. The standard InChI is InChI=1S/C17H25ClN2O2/c1-17(2,14-5-3-6-15(18)13-14)16(21)19-7-4-8-20-9-11-22-12-10-20/h3,5-6,13H,4,7-12H2,1-2H3,(H,19,21). The zero-order valence-corrected chi connectivity index (χ0v) is 14.2. The summed E-state index contributed by atoms with van der Waals surface area (Å²) in [4.78, 5) is 14.8. The molecule has 0 radical (unpaired) electrons. The van der Waals surface area contributed by atoms with Crippen molar-refractivity contribution in [3.63, 3.8) is 0 Å². The van der Waals surface area contributed by atoms with Crippen molar-refractivity contribution in [2.75, 3.05) is 39.4 Å². The van der Waals surface area contributed by atoms with E-state index in [-0.39, 0.29) is 5.91 Å². The summed E-state index contributed by atoms with van der Waals surface area (Å²) in [6.07, 6.45) is 0.956. The minimum Gasteiger partial charge on any atom is -0.379 e. The van der Waals surface area contributed by atoms with E-state index in [2.05, 4.69) is 10.2 Å². The third kappa shape index (κ3) is 4.70. The Bertz CT molecular complexity index is 499. The van der Waals surface area contributed by atoms with Crippen LogP contribution in [0.25, 0.3) is 0 Å². The molecule has 1 aliphatic heterocycles. The highest BCUT2D eigenvalue weighted by atomic mass is 35.5. The fraction of sp³-hybridized carbons (Fsp3) is 0.588. The number of benzene rings is 1. The highest BCUT2D eigenvalue weighted by molar-refractivity contribution is 6.30. The normalized spacial score (nSPS) is 16.5. The van der Waals surface area contributed by atoms with Crippen LogP contribution in [-0.4, -0.2) is 50.2 Å². The van der Waals surface area contributed by atoms with Crippen LogP contribution in [0, 0.1) is 0 Å². The van der Waals surface area contributed by atoms with Gasteiger partial charge in [-0.25, -0.2) is 0 Å². The molecule has 1 heterocycles. The Labute approximate surface area is 137 Å². The summed E-state index contributed by atoms with van der Waals surface area (Å²) in [5.74, 6) is 0.0387. The van der Waals surface area contributed by atoms with E-state index in [0.29, 0.717) is 11.6 Å². The van der Waals surface area contributed by atoms with Gasteiger partial charge in [-0.05, 0) is 44.5 Å². The molecule has 0 unspecified atom stereocenters. The van der Waals surface area contributed by atoms with Gasteiger partial charge >= 0.3 is 0 Å². The number of carbonyl (C=O) groups excluding carboxylic acids is 1. The third-order valence-corrected chi connectivity index (χ3v) is 4.39. The van der Waals surface area contributed by atoms with Crippen molar-refractivity contribution in [1.82, 2.24) is 10.2 Å². The predicted octanol–water partition coefficient (Wildman–Crippen LogP) is 2.46. The molecule has 1 aliphatic rings. The summed E-state index contributed by atoms with van der Waals surface area (Å²) < 4.78 is 5.33. The molecule has 5 heteroatoms. The number of ether oxygens (including phenoxy) is 1. The molecule has 2 rings (SSSR count). The number of hydrogen-bond donors (Lipinski definition) is 1. The van der Waals surface area contributed by atoms with Gasteiger partial charge in [0.1, 0.15) is 0 Å². The van der Waals surface area contributed by atoms with Gasteiger partial charge < -0.3 is 10.1 Å². The Morgan fingerprint density at radius 3 is 2.77 bits per heavy atom. The average Bonchev–Trinajstić information content (AvgIpc) is 2.52. The van der Waals surface area contributed by atoms with Crippen molar-refractivity contribution in [3.05, 3.63) is 34.9 Å². The molecule has 0 aromatic heterocycles. The Balaban J connectivity index is 1.78. The van der Waals surface area contributed by atoms with E-state index < -0.39 is 5.41 Å². The van der Waals surface area contributed by atoms with E-state index >= 15 is 0 Å². The number of carbonyl (C=O) groups is 1. The molecule has 122 valence electrons. The number of nitrogens with zero attached hydrogens (tertiary/aromatic N) is 1. The summed E-state index contributed by atoms with van der Waals surface area (Å²) in [7, 11) is 0. The fourth-order valence-electron chi connectivity index (χ4n) is 2.56. The van der Waals surface area contributed by atoms with Gasteiger partial charge in [0, 0.05) is 24.7 Å². The lowest BCUT2D eigenvalue weighted by molar-refractivity contribution is -0.125. The van der Waals surface area contributed by atoms with Crippen LogP contribution in [0.3, 0.4) is 0 Å². The predicted molar refractivity (Wildman–Crippen MR) is 89.4 cm³/mol. The van der Waals surface area contributed by atoms with E-state index in [9.17, 15) is 4.79 Å². The van der Waals surface area contributed by atoms with E-state index in [1.54, 1.807) is 0 Å². The number of amides is 1. The minimum atomic E-state index is -0.579. The van der Waals surface area contributed by atoms with Gasteiger partial charge in [-0.15, -0.1) is 0 Å². The minimum absolute atomic E-state index is 0.0387. The van der Waals surface area contributed by atoms with Crippen LogP contribution in [0.1, 0.15) is 25.8 Å². The van der Waals surface area contributed by atoms with Gasteiger partial charge in [0.05, 0.1) is 18.6 Å². The topological polar surface area (TPSA) is 41.6 Å². The second-order valence-electron chi connectivity index (χ2n) is 6.20. The number of nitrogens with one attached hydrogen (secondary N) is 1. The van der Waals surface area contributed by atoms with Gasteiger partial charge in [0.15, 0.2) is 0 Å². The largest absolute Gasteiger partial charge is 0.379 e. The zero-order valence-electron chi connectivity index (χ0n) is 13.4. The Hall–Kier alpha value is -1.10. The Morgan fingerprint density at radius 2 is 2.09 bits per heavy atom. The molecule has 22 heavy (non-hydrogen) atoms. The molecule has 4 nitrogen and oxygen atoms in total. The summed E-state index contributed by atoms with van der Waals surface area (Å²) in [5.41, 5.74) is 0.356. The first-order chi connectivity index (χ1) is 10.5. The quantitative estimate of drug-likeness (QED) is 0.817. The highest BCUT2D eigenvalue weighted by Gasteiger charge is 2.29. The summed E-state index contributed by atoms with van der Waals surface area (Å²) >= 11 is 6.02. The molecule has 1 N–H and O–H groups in total. The maximum atomic E-state index is 12.4. The maximum Gasteiger partial charge on any atom is 0.230 e. The van der Waals surface area contributed by atoms with Crippen LogP contribution in [0.5, 0.6) is 0 Å². The monoisotopic (exact) mass is 324 g/mol. The van der Waals surface area contributed by atoms with Crippen LogP contribution in [0.15, 0.2) is 24.3 Å². The summed E-state index contributed by atoms with van der Waals surface area (Å²) in [6, 6.07) is 7.50. The van der Waals surface area contributed by atoms with Crippen LogP contribution in [0.2, 0.25) is 5.02 Å². The third-order valence-electron chi connectivity index (χ3n) is 4.15. The molecule has 1 aromatic rings. The molecule has 0 spiro atoms. The van der Waals surface area contributed by atoms with Crippen LogP contribution < -0.4 is 5.32 Å². The number of rotatable bonds is 6. The van der Waals surface area contributed by atoms with Crippen LogP contribution >= 0.6 is 11.6 Å². The first-order valence-electron chi connectivity index (χ1n) is 7.84. The van der Waals surface area contributed by atoms with Crippen LogP contribution in [0.4, 0.5) is 0 Å². The molecule has 1 fully saturated rings. The molecule has 1 amide bonds. The van der Waals surface area contributed by atoms with E-state index in [1.807, 2.05) is 38.1 Å². The van der Waals surface area contributed by atoms with Crippen molar-refractivity contribution < 1.29 is 9.53 Å². The van der Waals surface area contributed by atoms with Crippen molar-refractivity contribution in [3.8, 4) is 0 Å². The number of halogens is 1. The SMILES string of the molecule is CC(C)(C(=O)NCCCN1CCOCC1)c1cccc(Cl)c1. The molecular weight excluding hydrogens is 300 g/mol. The van der Waals surface area contributed by atoms with Crippen molar-refractivity contribution in [2.45, 2.75) is 25.7 Å². The lowest BCUT2D eigenvalue weighted by Crippen LogP contribution is -2.42. The smallest absolute Gasteiger partial charge is 0.230 e. The molecule has 1 saturated heterocycles. The fourth-order valence-corrected chi connectivity index (χ4v) is 2.75. The number of morpholine rings is 1. The Kier molecular flexibility index (Phi) is 6.24. The van der Waals surface area contributed by atoms with Gasteiger partial charge in [-0.2, -0.15) is 0 Å². The number of hydrogen-bond acceptors (Lipinski definition) is 3. The Morgan fingerprint density at radius 1 is 1.36 bits per heavy atom. The van der Waals surface area contributed by atoms with Gasteiger partial charge in [0.2, 0.25) is 5.91 Å². The van der Waals surface area contributed by atoms with E-state index in [4.69, 9.17) is 16.3 Å². The van der Waals surface area contributed by atoms with E-state index in [0.717, 1.165) is 44.8 Å². The molecule has 1 aromatic carbocycles. The van der Waals surface area contributed by atoms with Crippen molar-refractivity contribution in [1.29, 1.82) is 0 Å². The molecule has 0 saturated carbocycles. The summed E-state index contributed by atoms with van der Waals surface area (Å²) in [6.45, 7) is 9.15. The van der Waals surface area contributed by atoms with Gasteiger partial charge in [-0.3, -0.25) is 9.69 Å². The van der Waals surface area contributed by atoms with Gasteiger partial charge in [-0.1, -0.05) is 23.7 Å². The van der Waals surface area contributed by atoms with Crippen LogP contribution in [-0.2, 0) is 14.9 Å². The first kappa shape index (κ1) is 17.3. The summed E-state index contributed by atoms with van der Waals surface area (Å²) in [5, 5.41) is 3.70. The van der Waals surface area contributed by atoms with Gasteiger partial charge in [0.25, 0.3) is 0 Å².